The van der Waals surface area contributed by atoms with Gasteiger partial charge in [-0.3, -0.25) is 4.79 Å². The maximum absolute atomic E-state index is 13.5. The van der Waals surface area contributed by atoms with Crippen LogP contribution in [0.5, 0.6) is 5.75 Å². The third kappa shape index (κ3) is 4.20. The summed E-state index contributed by atoms with van der Waals surface area (Å²) in [6, 6.07) is 15.9. The molecular formula is C23H22ClNO4S. The third-order valence-corrected chi connectivity index (χ3v) is 6.89. The number of hydrogen-bond acceptors (Lipinski definition) is 4. The number of methoxy groups -OCH3 is 1. The number of carbonyl (C=O) groups excluding carboxylic acids is 1. The van der Waals surface area contributed by atoms with Gasteiger partial charge in [-0.2, -0.15) is 4.31 Å². The Hall–Kier alpha value is -2.83. The normalized spacial score (nSPS) is 11.2. The van der Waals surface area contributed by atoms with Crippen molar-refractivity contribution in [3.8, 4) is 5.75 Å². The van der Waals surface area contributed by atoms with Crippen LogP contribution in [0.2, 0.25) is 5.02 Å². The second-order valence-electron chi connectivity index (χ2n) is 7.01. The van der Waals surface area contributed by atoms with E-state index in [1.54, 1.807) is 30.3 Å². The lowest BCUT2D eigenvalue weighted by Gasteiger charge is -2.24. The van der Waals surface area contributed by atoms with Gasteiger partial charge in [0.15, 0.2) is 0 Å². The highest BCUT2D eigenvalue weighted by Gasteiger charge is 2.32. The van der Waals surface area contributed by atoms with Crippen molar-refractivity contribution in [1.82, 2.24) is 0 Å². The largest absolute Gasteiger partial charge is 0.495 e. The Morgan fingerprint density at radius 3 is 2.13 bits per heavy atom. The molecular weight excluding hydrogens is 422 g/mol. The van der Waals surface area contributed by atoms with Crippen molar-refractivity contribution < 1.29 is 17.9 Å². The molecule has 0 heterocycles. The number of carbonyl (C=O) groups is 1. The molecule has 7 heteroatoms. The molecule has 0 radical (unpaired) electrons. The summed E-state index contributed by atoms with van der Waals surface area (Å²) in [4.78, 5) is 13.4. The fraction of sp³-hybridized carbons (Fsp3) is 0.174. The van der Waals surface area contributed by atoms with Crippen molar-refractivity contribution in [2.45, 2.75) is 25.7 Å². The van der Waals surface area contributed by atoms with E-state index in [9.17, 15) is 13.2 Å². The Kier molecular flexibility index (Phi) is 6.19. The Labute approximate surface area is 181 Å². The first kappa shape index (κ1) is 21.9. The number of benzene rings is 3. The van der Waals surface area contributed by atoms with Crippen LogP contribution in [0.25, 0.3) is 0 Å². The van der Waals surface area contributed by atoms with Crippen LogP contribution in [-0.2, 0) is 10.0 Å². The number of ether oxygens (including phenoxy) is 1. The fourth-order valence-electron chi connectivity index (χ4n) is 2.95. The van der Waals surface area contributed by atoms with E-state index in [0.717, 1.165) is 21.0 Å². The van der Waals surface area contributed by atoms with Gasteiger partial charge in [0.2, 0.25) is 0 Å². The Balaban J connectivity index is 2.20. The minimum Gasteiger partial charge on any atom is -0.495 e. The van der Waals surface area contributed by atoms with Crippen LogP contribution >= 0.6 is 11.6 Å². The molecule has 30 heavy (non-hydrogen) atoms. The van der Waals surface area contributed by atoms with Gasteiger partial charge in [-0.05, 0) is 74.4 Å². The van der Waals surface area contributed by atoms with Crippen LogP contribution in [0.1, 0.15) is 27.0 Å². The van der Waals surface area contributed by atoms with Gasteiger partial charge in [-0.1, -0.05) is 35.4 Å². The number of anilines is 1. The lowest BCUT2D eigenvalue weighted by atomic mass is 10.1. The summed E-state index contributed by atoms with van der Waals surface area (Å²) in [5, 5.41) is 0.201. The molecule has 3 rings (SSSR count). The zero-order valence-electron chi connectivity index (χ0n) is 17.1. The molecule has 0 aliphatic heterocycles. The van der Waals surface area contributed by atoms with E-state index in [1.165, 1.54) is 37.4 Å². The van der Waals surface area contributed by atoms with Crippen LogP contribution in [0.3, 0.4) is 0 Å². The van der Waals surface area contributed by atoms with Gasteiger partial charge in [-0.25, -0.2) is 8.42 Å². The topological polar surface area (TPSA) is 63.7 Å². The van der Waals surface area contributed by atoms with E-state index in [0.29, 0.717) is 5.75 Å². The monoisotopic (exact) mass is 443 g/mol. The summed E-state index contributed by atoms with van der Waals surface area (Å²) in [7, 11) is -2.73. The number of aryl methyl sites for hydroxylation is 3. The summed E-state index contributed by atoms with van der Waals surface area (Å²) < 4.78 is 33.0. The minimum atomic E-state index is -4.19. The molecule has 0 saturated heterocycles. The Bertz CT molecular complexity index is 1200. The molecule has 0 unspecified atom stereocenters. The maximum atomic E-state index is 13.5. The van der Waals surface area contributed by atoms with Crippen LogP contribution in [0.15, 0.2) is 65.6 Å². The lowest BCUT2D eigenvalue weighted by Crippen LogP contribution is -2.37. The van der Waals surface area contributed by atoms with E-state index in [2.05, 4.69) is 0 Å². The quantitative estimate of drug-likeness (QED) is 0.536. The van der Waals surface area contributed by atoms with Crippen LogP contribution < -0.4 is 9.04 Å². The molecule has 0 spiro atoms. The van der Waals surface area contributed by atoms with E-state index in [4.69, 9.17) is 16.3 Å². The minimum absolute atomic E-state index is 0.0113. The lowest BCUT2D eigenvalue weighted by molar-refractivity contribution is 0.100. The van der Waals surface area contributed by atoms with E-state index in [-0.39, 0.29) is 21.2 Å². The van der Waals surface area contributed by atoms with Crippen molar-refractivity contribution in [2.24, 2.45) is 0 Å². The summed E-state index contributed by atoms with van der Waals surface area (Å²) in [6.07, 6.45) is 0. The number of halogens is 1. The number of amides is 1. The average Bonchev–Trinajstić information content (AvgIpc) is 2.70. The van der Waals surface area contributed by atoms with Crippen LogP contribution in [0.4, 0.5) is 5.69 Å². The van der Waals surface area contributed by atoms with Crippen LogP contribution in [0, 0.1) is 20.8 Å². The highest BCUT2D eigenvalue weighted by molar-refractivity contribution is 7.93. The van der Waals surface area contributed by atoms with Crippen molar-refractivity contribution in [2.75, 3.05) is 11.4 Å². The first-order valence-corrected chi connectivity index (χ1v) is 11.0. The first-order valence-electron chi connectivity index (χ1n) is 9.22. The molecule has 0 aliphatic carbocycles. The van der Waals surface area contributed by atoms with Gasteiger partial charge in [0.25, 0.3) is 15.9 Å². The molecule has 1 amide bonds. The number of sulfonamides is 1. The summed E-state index contributed by atoms with van der Waals surface area (Å²) >= 11 is 6.23. The molecule has 0 saturated carbocycles. The van der Waals surface area contributed by atoms with Crippen molar-refractivity contribution in [3.05, 3.63) is 87.9 Å². The van der Waals surface area contributed by atoms with Gasteiger partial charge in [0, 0.05) is 5.56 Å². The molecule has 0 fully saturated rings. The third-order valence-electron chi connectivity index (χ3n) is 4.87. The van der Waals surface area contributed by atoms with Crippen molar-refractivity contribution >= 4 is 33.2 Å². The molecule has 0 atom stereocenters. The average molecular weight is 444 g/mol. The highest BCUT2D eigenvalue weighted by atomic mass is 35.5. The summed E-state index contributed by atoms with van der Waals surface area (Å²) in [5.74, 6) is -0.286. The molecule has 156 valence electrons. The van der Waals surface area contributed by atoms with E-state index in [1.807, 2.05) is 20.8 Å². The zero-order valence-corrected chi connectivity index (χ0v) is 18.7. The molecule has 0 aromatic heterocycles. The molecule has 0 aliphatic rings. The number of nitrogens with zero attached hydrogens (tertiary/aromatic N) is 1. The summed E-state index contributed by atoms with van der Waals surface area (Å²) in [6.45, 7) is 5.65. The molecule has 0 N–H and O–H groups in total. The summed E-state index contributed by atoms with van der Waals surface area (Å²) in [5.41, 5.74) is 3.20. The first-order chi connectivity index (χ1) is 14.1. The standard InChI is InChI=1S/C23H22ClNO4S/c1-15-5-10-20(11-6-15)30(27,28)25(19-9-12-22(29-4)21(24)14-19)23(26)18-8-7-16(2)17(3)13-18/h5-14H,1-4H3. The SMILES string of the molecule is COc1ccc(N(C(=O)c2ccc(C)c(C)c2)S(=O)(=O)c2ccc(C)cc2)cc1Cl. The Morgan fingerprint density at radius 1 is 0.900 bits per heavy atom. The number of rotatable bonds is 5. The van der Waals surface area contributed by atoms with Gasteiger partial charge in [-0.15, -0.1) is 0 Å². The fourth-order valence-corrected chi connectivity index (χ4v) is 4.61. The second kappa shape index (κ2) is 8.50. The van der Waals surface area contributed by atoms with Crippen molar-refractivity contribution in [3.63, 3.8) is 0 Å². The van der Waals surface area contributed by atoms with E-state index >= 15 is 0 Å². The predicted octanol–water partition coefficient (Wildman–Crippen LogP) is 5.31. The second-order valence-corrected chi connectivity index (χ2v) is 9.20. The zero-order chi connectivity index (χ0) is 22.1. The van der Waals surface area contributed by atoms with E-state index < -0.39 is 15.9 Å². The van der Waals surface area contributed by atoms with Gasteiger partial charge >= 0.3 is 0 Å². The molecule has 3 aromatic rings. The van der Waals surface area contributed by atoms with Gasteiger partial charge < -0.3 is 4.74 Å². The predicted molar refractivity (Wildman–Crippen MR) is 119 cm³/mol. The van der Waals surface area contributed by atoms with Crippen molar-refractivity contribution in [1.29, 1.82) is 0 Å². The molecule has 3 aromatic carbocycles. The van der Waals surface area contributed by atoms with Gasteiger partial charge in [0.05, 0.1) is 22.7 Å². The maximum Gasteiger partial charge on any atom is 0.272 e. The molecule has 0 bridgehead atoms. The number of hydrogen-bond donors (Lipinski definition) is 0. The Morgan fingerprint density at radius 2 is 1.57 bits per heavy atom. The highest BCUT2D eigenvalue weighted by Crippen LogP contribution is 2.33. The molecule has 5 nitrogen and oxygen atoms in total. The smallest absolute Gasteiger partial charge is 0.272 e. The van der Waals surface area contributed by atoms with Crippen LogP contribution in [-0.4, -0.2) is 21.4 Å². The van der Waals surface area contributed by atoms with Gasteiger partial charge in [0.1, 0.15) is 5.75 Å².